The Kier molecular flexibility index (Phi) is 5.12. The van der Waals surface area contributed by atoms with E-state index in [-0.39, 0.29) is 5.91 Å². The maximum absolute atomic E-state index is 12.3. The van der Waals surface area contributed by atoms with Crippen LogP contribution in [0.4, 0.5) is 5.69 Å². The molecule has 0 bridgehead atoms. The van der Waals surface area contributed by atoms with Crippen molar-refractivity contribution in [3.63, 3.8) is 0 Å². The summed E-state index contributed by atoms with van der Waals surface area (Å²) in [4.78, 5) is 12.3. The van der Waals surface area contributed by atoms with Crippen LogP contribution in [0.1, 0.15) is 17.5 Å². The van der Waals surface area contributed by atoms with Gasteiger partial charge < -0.3 is 5.32 Å². The number of benzene rings is 2. The number of anilines is 1. The van der Waals surface area contributed by atoms with Crippen molar-refractivity contribution < 1.29 is 4.79 Å². The zero-order valence-electron chi connectivity index (χ0n) is 15.5. The van der Waals surface area contributed by atoms with Gasteiger partial charge in [0.05, 0.1) is 41.7 Å². The van der Waals surface area contributed by atoms with Crippen molar-refractivity contribution in [1.29, 1.82) is 0 Å². The number of rotatable bonds is 6. The highest BCUT2D eigenvalue weighted by atomic mass is 35.5. The molecule has 1 N–H and O–H groups in total. The van der Waals surface area contributed by atoms with Crippen molar-refractivity contribution >= 4 is 34.1 Å². The second-order valence-corrected chi connectivity index (χ2v) is 7.16. The molecular formula is C21H20ClN5O. The monoisotopic (exact) mass is 393 g/mol. The molecule has 0 saturated carbocycles. The van der Waals surface area contributed by atoms with Crippen LogP contribution < -0.4 is 5.32 Å². The number of amides is 1. The standard InChI is InChI=1S/C21H20ClN5O/c1-15-4-2-5-16(10-15)13-26-14-17(11-23-26)25-21(28)8-9-27-20-7-3-6-19(22)18(20)12-24-27/h2-7,10-12,14H,8-9,13H2,1H3,(H,25,28). The molecular weight excluding hydrogens is 374 g/mol. The van der Waals surface area contributed by atoms with Crippen molar-refractivity contribution in [2.24, 2.45) is 0 Å². The Morgan fingerprint density at radius 2 is 2.00 bits per heavy atom. The molecule has 7 heteroatoms. The highest BCUT2D eigenvalue weighted by molar-refractivity contribution is 6.35. The molecule has 0 aliphatic rings. The van der Waals surface area contributed by atoms with Crippen molar-refractivity contribution in [3.8, 4) is 0 Å². The smallest absolute Gasteiger partial charge is 0.226 e. The Labute approximate surface area is 167 Å². The fourth-order valence-electron chi connectivity index (χ4n) is 3.19. The lowest BCUT2D eigenvalue weighted by molar-refractivity contribution is -0.116. The summed E-state index contributed by atoms with van der Waals surface area (Å²) in [7, 11) is 0. The number of carbonyl (C=O) groups excluding carboxylic acids is 1. The molecule has 2 aromatic carbocycles. The van der Waals surface area contributed by atoms with Gasteiger partial charge in [0.2, 0.25) is 5.91 Å². The molecule has 4 aromatic rings. The van der Waals surface area contributed by atoms with Gasteiger partial charge >= 0.3 is 0 Å². The molecule has 0 saturated heterocycles. The number of hydrogen-bond donors (Lipinski definition) is 1. The van der Waals surface area contributed by atoms with Crippen LogP contribution in [0.3, 0.4) is 0 Å². The first-order valence-corrected chi connectivity index (χ1v) is 9.44. The third-order valence-corrected chi connectivity index (χ3v) is 4.86. The Bertz CT molecular complexity index is 1130. The molecule has 0 radical (unpaired) electrons. The minimum atomic E-state index is -0.0826. The molecule has 4 rings (SSSR count). The molecule has 0 unspecified atom stereocenters. The van der Waals surface area contributed by atoms with Gasteiger partial charge in [0.1, 0.15) is 0 Å². The lowest BCUT2D eigenvalue weighted by atomic mass is 10.1. The fourth-order valence-corrected chi connectivity index (χ4v) is 3.41. The average Bonchev–Trinajstić information content (AvgIpc) is 3.28. The summed E-state index contributed by atoms with van der Waals surface area (Å²) in [5.41, 5.74) is 3.99. The first-order valence-electron chi connectivity index (χ1n) is 9.06. The summed E-state index contributed by atoms with van der Waals surface area (Å²) in [5, 5.41) is 13.1. The number of hydrogen-bond acceptors (Lipinski definition) is 3. The summed E-state index contributed by atoms with van der Waals surface area (Å²) in [6, 6.07) is 13.9. The van der Waals surface area contributed by atoms with E-state index in [2.05, 4.69) is 40.6 Å². The van der Waals surface area contributed by atoms with E-state index >= 15 is 0 Å². The predicted octanol–water partition coefficient (Wildman–Crippen LogP) is 4.27. The summed E-state index contributed by atoms with van der Waals surface area (Å²) in [6.45, 7) is 3.21. The number of halogens is 1. The van der Waals surface area contributed by atoms with Gasteiger partial charge in [-0.25, -0.2) is 0 Å². The van der Waals surface area contributed by atoms with Gasteiger partial charge in [0, 0.05) is 18.0 Å². The molecule has 0 fully saturated rings. The molecule has 6 nitrogen and oxygen atoms in total. The lowest BCUT2D eigenvalue weighted by Crippen LogP contribution is -2.14. The molecule has 0 aliphatic heterocycles. The average molecular weight is 394 g/mol. The Hall–Kier alpha value is -3.12. The van der Waals surface area contributed by atoms with E-state index in [0.717, 1.165) is 10.9 Å². The van der Waals surface area contributed by atoms with E-state index in [1.807, 2.05) is 35.1 Å². The van der Waals surface area contributed by atoms with Gasteiger partial charge in [-0.15, -0.1) is 0 Å². The van der Waals surface area contributed by atoms with E-state index in [0.29, 0.717) is 30.2 Å². The van der Waals surface area contributed by atoms with Crippen molar-refractivity contribution in [2.45, 2.75) is 26.4 Å². The second-order valence-electron chi connectivity index (χ2n) is 6.75. The lowest BCUT2D eigenvalue weighted by Gasteiger charge is -2.05. The van der Waals surface area contributed by atoms with E-state index in [9.17, 15) is 4.79 Å². The van der Waals surface area contributed by atoms with Gasteiger partial charge in [-0.05, 0) is 24.6 Å². The van der Waals surface area contributed by atoms with Crippen molar-refractivity contribution in [1.82, 2.24) is 19.6 Å². The van der Waals surface area contributed by atoms with Crippen LogP contribution in [0, 0.1) is 6.92 Å². The Morgan fingerprint density at radius 1 is 1.14 bits per heavy atom. The summed E-state index contributed by atoms with van der Waals surface area (Å²) in [5.74, 6) is -0.0826. The van der Waals surface area contributed by atoms with E-state index < -0.39 is 0 Å². The summed E-state index contributed by atoms with van der Waals surface area (Å²) >= 11 is 6.17. The van der Waals surface area contributed by atoms with Crippen LogP contribution in [0.2, 0.25) is 5.02 Å². The minimum absolute atomic E-state index is 0.0826. The number of aromatic nitrogens is 4. The van der Waals surface area contributed by atoms with Crippen LogP contribution in [0.5, 0.6) is 0 Å². The number of aryl methyl sites for hydroxylation is 2. The summed E-state index contributed by atoms with van der Waals surface area (Å²) in [6.07, 6.45) is 5.54. The van der Waals surface area contributed by atoms with Crippen LogP contribution in [0.15, 0.2) is 61.1 Å². The molecule has 2 aromatic heterocycles. The van der Waals surface area contributed by atoms with E-state index in [1.54, 1.807) is 17.1 Å². The SMILES string of the molecule is Cc1cccc(Cn2cc(NC(=O)CCn3ncc4c(Cl)cccc43)cn2)c1. The number of nitrogens with one attached hydrogen (secondary N) is 1. The number of fused-ring (bicyclic) bond motifs is 1. The quantitative estimate of drug-likeness (QED) is 0.532. The van der Waals surface area contributed by atoms with Gasteiger partial charge in [-0.2, -0.15) is 10.2 Å². The summed E-state index contributed by atoms with van der Waals surface area (Å²) < 4.78 is 3.61. The van der Waals surface area contributed by atoms with Gasteiger partial charge in [-0.1, -0.05) is 47.5 Å². The molecule has 142 valence electrons. The largest absolute Gasteiger partial charge is 0.323 e. The van der Waals surface area contributed by atoms with Gasteiger partial charge in [0.15, 0.2) is 0 Å². The molecule has 0 spiro atoms. The minimum Gasteiger partial charge on any atom is -0.323 e. The van der Waals surface area contributed by atoms with Gasteiger partial charge in [0.25, 0.3) is 0 Å². The highest BCUT2D eigenvalue weighted by Gasteiger charge is 2.09. The molecule has 0 atom stereocenters. The predicted molar refractivity (Wildman–Crippen MR) is 110 cm³/mol. The van der Waals surface area contributed by atoms with Crippen LogP contribution in [-0.2, 0) is 17.9 Å². The van der Waals surface area contributed by atoms with Gasteiger partial charge in [-0.3, -0.25) is 14.2 Å². The Balaban J connectivity index is 1.35. The number of carbonyl (C=O) groups is 1. The van der Waals surface area contributed by atoms with E-state index in [4.69, 9.17) is 11.6 Å². The normalized spacial score (nSPS) is 11.1. The maximum Gasteiger partial charge on any atom is 0.226 e. The van der Waals surface area contributed by atoms with Crippen LogP contribution >= 0.6 is 11.6 Å². The molecule has 28 heavy (non-hydrogen) atoms. The number of nitrogens with zero attached hydrogens (tertiary/aromatic N) is 4. The Morgan fingerprint density at radius 3 is 2.86 bits per heavy atom. The second kappa shape index (κ2) is 7.86. The molecule has 2 heterocycles. The maximum atomic E-state index is 12.3. The van der Waals surface area contributed by atoms with Crippen LogP contribution in [0.25, 0.3) is 10.9 Å². The topological polar surface area (TPSA) is 64.7 Å². The van der Waals surface area contributed by atoms with Crippen molar-refractivity contribution in [3.05, 3.63) is 77.2 Å². The third kappa shape index (κ3) is 4.07. The molecule has 1 amide bonds. The van der Waals surface area contributed by atoms with Crippen LogP contribution in [-0.4, -0.2) is 25.5 Å². The fraction of sp³-hybridized carbons (Fsp3) is 0.190. The molecule has 0 aliphatic carbocycles. The zero-order valence-corrected chi connectivity index (χ0v) is 16.2. The first kappa shape index (κ1) is 18.3. The zero-order chi connectivity index (χ0) is 19.5. The highest BCUT2D eigenvalue weighted by Crippen LogP contribution is 2.22. The third-order valence-electron chi connectivity index (χ3n) is 4.53. The van der Waals surface area contributed by atoms with E-state index in [1.165, 1.54) is 11.1 Å². The first-order chi connectivity index (χ1) is 13.6. The van der Waals surface area contributed by atoms with Crippen molar-refractivity contribution in [2.75, 3.05) is 5.32 Å².